The molecule has 0 spiro atoms. The maximum Gasteiger partial charge on any atom is 0.408 e. The van der Waals surface area contributed by atoms with Crippen molar-refractivity contribution in [3.63, 3.8) is 0 Å². The summed E-state index contributed by atoms with van der Waals surface area (Å²) in [6.07, 6.45) is -0.226. The first kappa shape index (κ1) is 31.6. The Kier molecular flexibility index (Phi) is 10.8. The van der Waals surface area contributed by atoms with Crippen molar-refractivity contribution in [2.75, 3.05) is 6.61 Å². The first-order valence-electron chi connectivity index (χ1n) is 14.7. The number of carbonyl (C=O) groups excluding carboxylic acids is 4. The summed E-state index contributed by atoms with van der Waals surface area (Å²) >= 11 is 0. The van der Waals surface area contributed by atoms with Gasteiger partial charge < -0.3 is 20.1 Å². The Bertz CT molecular complexity index is 1370. The van der Waals surface area contributed by atoms with E-state index in [1.165, 1.54) is 0 Å². The SMILES string of the molecule is CC(C)[C@@H](NC(=O)OCc1ccccc1)C(=O)C[C@@H](Cc1ccccc1)C(=O)N[C@@H](Cc1ccccc1)C(=O)[C@@]1(C)CO1. The van der Waals surface area contributed by atoms with Crippen LogP contribution in [0.15, 0.2) is 91.0 Å². The third-order valence-corrected chi connectivity index (χ3v) is 7.66. The Labute approximate surface area is 253 Å². The zero-order chi connectivity index (χ0) is 30.8. The van der Waals surface area contributed by atoms with Crippen LogP contribution in [0.2, 0.25) is 0 Å². The molecule has 1 heterocycles. The topological polar surface area (TPSA) is 114 Å². The molecule has 2 N–H and O–H groups in total. The number of carbonyl (C=O) groups is 4. The molecular formula is C35H40N2O6. The van der Waals surface area contributed by atoms with Gasteiger partial charge in [-0.15, -0.1) is 0 Å². The van der Waals surface area contributed by atoms with Crippen LogP contribution in [0.25, 0.3) is 0 Å². The molecule has 1 aliphatic heterocycles. The second-order valence-electron chi connectivity index (χ2n) is 11.6. The summed E-state index contributed by atoms with van der Waals surface area (Å²) in [5, 5.41) is 5.65. The summed E-state index contributed by atoms with van der Waals surface area (Å²) in [7, 11) is 0. The number of alkyl carbamates (subject to hydrolysis) is 1. The van der Waals surface area contributed by atoms with E-state index >= 15 is 0 Å². The van der Waals surface area contributed by atoms with E-state index < -0.39 is 35.6 Å². The van der Waals surface area contributed by atoms with Gasteiger partial charge in [-0.3, -0.25) is 14.4 Å². The minimum atomic E-state index is -0.926. The number of ketones is 2. The Morgan fingerprint density at radius 2 is 1.30 bits per heavy atom. The lowest BCUT2D eigenvalue weighted by Crippen LogP contribution is -2.50. The van der Waals surface area contributed by atoms with E-state index in [0.29, 0.717) is 19.4 Å². The molecule has 8 nitrogen and oxygen atoms in total. The number of hydrogen-bond donors (Lipinski definition) is 2. The van der Waals surface area contributed by atoms with Crippen LogP contribution in [-0.2, 0) is 43.3 Å². The predicted molar refractivity (Wildman–Crippen MR) is 163 cm³/mol. The molecule has 0 radical (unpaired) electrons. The molecule has 4 atom stereocenters. The Morgan fingerprint density at radius 3 is 1.81 bits per heavy atom. The highest BCUT2D eigenvalue weighted by atomic mass is 16.6. The largest absolute Gasteiger partial charge is 0.445 e. The summed E-state index contributed by atoms with van der Waals surface area (Å²) in [6.45, 7) is 5.76. The van der Waals surface area contributed by atoms with Gasteiger partial charge in [0, 0.05) is 12.3 Å². The normalized spacial score (nSPS) is 17.8. The van der Waals surface area contributed by atoms with E-state index in [0.717, 1.165) is 16.7 Å². The maximum atomic E-state index is 13.8. The average molecular weight is 585 g/mol. The maximum absolute atomic E-state index is 13.8. The minimum Gasteiger partial charge on any atom is -0.445 e. The molecule has 0 aromatic heterocycles. The van der Waals surface area contributed by atoms with E-state index in [2.05, 4.69) is 10.6 Å². The molecule has 0 bridgehead atoms. The Hall–Kier alpha value is -4.30. The highest BCUT2D eigenvalue weighted by Gasteiger charge is 2.50. The highest BCUT2D eigenvalue weighted by molar-refractivity contribution is 5.98. The lowest BCUT2D eigenvalue weighted by Gasteiger charge is -2.26. The van der Waals surface area contributed by atoms with Gasteiger partial charge in [0.25, 0.3) is 0 Å². The molecule has 0 unspecified atom stereocenters. The van der Waals surface area contributed by atoms with E-state index in [1.807, 2.05) is 105 Å². The molecule has 1 fully saturated rings. The molecule has 1 saturated heterocycles. The lowest BCUT2D eigenvalue weighted by atomic mass is 9.87. The smallest absolute Gasteiger partial charge is 0.408 e. The predicted octanol–water partition coefficient (Wildman–Crippen LogP) is 4.84. The fourth-order valence-electron chi connectivity index (χ4n) is 5.00. The second-order valence-corrected chi connectivity index (χ2v) is 11.6. The molecule has 2 amide bonds. The first-order chi connectivity index (χ1) is 20.6. The number of nitrogens with one attached hydrogen (secondary N) is 2. The van der Waals surface area contributed by atoms with Crippen LogP contribution >= 0.6 is 0 Å². The van der Waals surface area contributed by atoms with Crippen LogP contribution in [0.4, 0.5) is 4.79 Å². The number of benzene rings is 3. The van der Waals surface area contributed by atoms with Crippen molar-refractivity contribution in [2.45, 2.75) is 64.3 Å². The molecule has 226 valence electrons. The van der Waals surface area contributed by atoms with Gasteiger partial charge in [-0.25, -0.2) is 4.79 Å². The van der Waals surface area contributed by atoms with Crippen LogP contribution in [0.5, 0.6) is 0 Å². The van der Waals surface area contributed by atoms with Crippen molar-refractivity contribution in [3.8, 4) is 0 Å². The van der Waals surface area contributed by atoms with Crippen LogP contribution in [0.1, 0.15) is 43.9 Å². The molecule has 0 saturated carbocycles. The van der Waals surface area contributed by atoms with Crippen molar-refractivity contribution in [3.05, 3.63) is 108 Å². The van der Waals surface area contributed by atoms with Crippen LogP contribution in [0.3, 0.4) is 0 Å². The van der Waals surface area contributed by atoms with Gasteiger partial charge in [-0.05, 0) is 42.4 Å². The van der Waals surface area contributed by atoms with E-state index in [4.69, 9.17) is 9.47 Å². The van der Waals surface area contributed by atoms with E-state index in [-0.39, 0.29) is 30.5 Å². The standard InChI is InChI=1S/C35H40N2O6/c1-24(2)31(37-34(41)42-22-27-17-11-6-12-18-27)30(38)21-28(19-25-13-7-4-8-14-25)33(40)36-29(32(39)35(3)23-43-35)20-26-15-9-5-10-16-26/h4-18,24,28-29,31H,19-23H2,1-3H3,(H,36,40)(H,37,41)/t28-,29+,31-,35-/m1/s1. The van der Waals surface area contributed by atoms with Crippen molar-refractivity contribution in [1.29, 1.82) is 0 Å². The summed E-state index contributed by atoms with van der Waals surface area (Å²) < 4.78 is 10.8. The first-order valence-corrected chi connectivity index (χ1v) is 14.7. The highest BCUT2D eigenvalue weighted by Crippen LogP contribution is 2.29. The van der Waals surface area contributed by atoms with E-state index in [1.54, 1.807) is 6.92 Å². The molecule has 3 aromatic carbocycles. The zero-order valence-corrected chi connectivity index (χ0v) is 25.0. The fraction of sp³-hybridized carbons (Fsp3) is 0.371. The van der Waals surface area contributed by atoms with Gasteiger partial charge >= 0.3 is 6.09 Å². The summed E-state index contributed by atoms with van der Waals surface area (Å²) in [6, 6.07) is 26.5. The zero-order valence-electron chi connectivity index (χ0n) is 25.0. The molecule has 1 aliphatic rings. The van der Waals surface area contributed by atoms with Gasteiger partial charge in [-0.1, -0.05) is 105 Å². The van der Waals surface area contributed by atoms with Crippen molar-refractivity contribution < 1.29 is 28.7 Å². The number of rotatable bonds is 15. The Balaban J connectivity index is 1.48. The van der Waals surface area contributed by atoms with Gasteiger partial charge in [0.2, 0.25) is 5.91 Å². The average Bonchev–Trinajstić information content (AvgIpc) is 3.77. The number of Topliss-reactive ketones (excluding diaryl/α,β-unsaturated/α-hetero) is 2. The molecular weight excluding hydrogens is 544 g/mol. The van der Waals surface area contributed by atoms with Crippen molar-refractivity contribution >= 4 is 23.6 Å². The lowest BCUT2D eigenvalue weighted by molar-refractivity contribution is -0.134. The summed E-state index contributed by atoms with van der Waals surface area (Å²) in [4.78, 5) is 53.5. The fourth-order valence-corrected chi connectivity index (χ4v) is 5.00. The van der Waals surface area contributed by atoms with Gasteiger partial charge in [0.1, 0.15) is 12.2 Å². The molecule has 0 aliphatic carbocycles. The molecule has 4 rings (SSSR count). The van der Waals surface area contributed by atoms with Gasteiger partial charge in [0.15, 0.2) is 11.6 Å². The van der Waals surface area contributed by atoms with Gasteiger partial charge in [0.05, 0.1) is 18.7 Å². The minimum absolute atomic E-state index is 0.0736. The van der Waals surface area contributed by atoms with Gasteiger partial charge in [-0.2, -0.15) is 0 Å². The van der Waals surface area contributed by atoms with Crippen LogP contribution in [0, 0.1) is 11.8 Å². The third-order valence-electron chi connectivity index (χ3n) is 7.66. The third kappa shape index (κ3) is 9.35. The molecule has 3 aromatic rings. The van der Waals surface area contributed by atoms with Crippen molar-refractivity contribution in [1.82, 2.24) is 10.6 Å². The number of amides is 2. The molecule has 8 heteroatoms. The summed E-state index contributed by atoms with van der Waals surface area (Å²) in [5.74, 6) is -1.89. The Morgan fingerprint density at radius 1 is 0.791 bits per heavy atom. The van der Waals surface area contributed by atoms with Crippen LogP contribution in [-0.4, -0.2) is 47.9 Å². The number of epoxide rings is 1. The second kappa shape index (κ2) is 14.7. The molecule has 43 heavy (non-hydrogen) atoms. The quantitative estimate of drug-likeness (QED) is 0.247. The van der Waals surface area contributed by atoms with E-state index in [9.17, 15) is 19.2 Å². The summed E-state index contributed by atoms with van der Waals surface area (Å²) in [5.41, 5.74) is 1.69. The van der Waals surface area contributed by atoms with Crippen molar-refractivity contribution in [2.24, 2.45) is 11.8 Å². The monoisotopic (exact) mass is 584 g/mol. The number of hydrogen-bond acceptors (Lipinski definition) is 6. The van der Waals surface area contributed by atoms with Crippen LogP contribution < -0.4 is 10.6 Å². The number of ether oxygens (including phenoxy) is 2.